The lowest BCUT2D eigenvalue weighted by atomic mass is 10.2. The molecule has 0 saturated carbocycles. The quantitative estimate of drug-likeness (QED) is 0.332. The standard InChI is InChI=1S/C4H10O4/c1-2-4(7,8)3(5)6/h3,5-8H,2H2,1H3. The Bertz CT molecular complexity index is 68.4. The average molecular weight is 122 g/mol. The number of hydrogen-bond donors (Lipinski definition) is 4. The maximum Gasteiger partial charge on any atom is 0.214 e. The lowest BCUT2D eigenvalue weighted by molar-refractivity contribution is -0.289. The lowest BCUT2D eigenvalue weighted by Crippen LogP contribution is -2.41. The minimum Gasteiger partial charge on any atom is -0.364 e. The monoisotopic (exact) mass is 122 g/mol. The number of aliphatic hydroxyl groups is 4. The maximum atomic E-state index is 8.46. The molecular formula is C4H10O4. The van der Waals surface area contributed by atoms with Gasteiger partial charge in [-0.3, -0.25) is 0 Å². The molecule has 0 aromatic rings. The molecule has 0 atom stereocenters. The molecule has 4 nitrogen and oxygen atoms in total. The third-order valence-electron chi connectivity index (χ3n) is 0.934. The molecule has 8 heavy (non-hydrogen) atoms. The predicted molar refractivity (Wildman–Crippen MR) is 25.7 cm³/mol. The van der Waals surface area contributed by atoms with Gasteiger partial charge in [0.2, 0.25) is 12.1 Å². The van der Waals surface area contributed by atoms with Crippen molar-refractivity contribution in [2.45, 2.75) is 25.4 Å². The van der Waals surface area contributed by atoms with Crippen molar-refractivity contribution in [2.75, 3.05) is 0 Å². The molecule has 0 saturated heterocycles. The molecular weight excluding hydrogens is 112 g/mol. The Balaban J connectivity index is 3.71. The first-order valence-corrected chi connectivity index (χ1v) is 2.31. The molecule has 0 unspecified atom stereocenters. The van der Waals surface area contributed by atoms with Gasteiger partial charge >= 0.3 is 0 Å². The molecule has 0 fully saturated rings. The largest absolute Gasteiger partial charge is 0.364 e. The van der Waals surface area contributed by atoms with Gasteiger partial charge in [0.05, 0.1) is 0 Å². The van der Waals surface area contributed by atoms with E-state index < -0.39 is 12.1 Å². The normalized spacial score (nSPS) is 12.8. The van der Waals surface area contributed by atoms with Crippen LogP contribution in [0, 0.1) is 0 Å². The van der Waals surface area contributed by atoms with Crippen LogP contribution in [-0.4, -0.2) is 32.5 Å². The number of rotatable bonds is 2. The molecule has 0 radical (unpaired) electrons. The second kappa shape index (κ2) is 2.41. The van der Waals surface area contributed by atoms with E-state index in [0.29, 0.717) is 0 Å². The summed E-state index contributed by atoms with van der Waals surface area (Å²) in [4.78, 5) is 0. The van der Waals surface area contributed by atoms with Gasteiger partial charge in [0.25, 0.3) is 0 Å². The summed E-state index contributed by atoms with van der Waals surface area (Å²) in [6.07, 6.45) is -2.18. The summed E-state index contributed by atoms with van der Waals surface area (Å²) in [6.45, 7) is 1.43. The van der Waals surface area contributed by atoms with Crippen LogP contribution in [-0.2, 0) is 0 Å². The Morgan fingerprint density at radius 2 is 1.75 bits per heavy atom. The zero-order valence-electron chi connectivity index (χ0n) is 4.57. The van der Waals surface area contributed by atoms with E-state index >= 15 is 0 Å². The highest BCUT2D eigenvalue weighted by Crippen LogP contribution is 2.07. The van der Waals surface area contributed by atoms with Crippen molar-refractivity contribution in [3.63, 3.8) is 0 Å². The Morgan fingerprint density at radius 3 is 1.75 bits per heavy atom. The van der Waals surface area contributed by atoms with Crippen LogP contribution in [0.5, 0.6) is 0 Å². The molecule has 0 aliphatic heterocycles. The fourth-order valence-electron chi connectivity index (χ4n) is 0.183. The van der Waals surface area contributed by atoms with E-state index in [-0.39, 0.29) is 6.42 Å². The lowest BCUT2D eigenvalue weighted by Gasteiger charge is -2.20. The van der Waals surface area contributed by atoms with Gasteiger partial charge in [-0.2, -0.15) is 0 Å². The number of hydrogen-bond acceptors (Lipinski definition) is 4. The number of aliphatic hydroxyl groups excluding tert-OH is 1. The van der Waals surface area contributed by atoms with E-state index in [2.05, 4.69) is 0 Å². The third kappa shape index (κ3) is 1.75. The van der Waals surface area contributed by atoms with E-state index in [0.717, 1.165) is 0 Å². The highest BCUT2D eigenvalue weighted by molar-refractivity contribution is 4.61. The van der Waals surface area contributed by atoms with Crippen molar-refractivity contribution in [3.8, 4) is 0 Å². The van der Waals surface area contributed by atoms with Crippen LogP contribution >= 0.6 is 0 Å². The Kier molecular flexibility index (Phi) is 2.36. The summed E-state index contributed by atoms with van der Waals surface area (Å²) in [6, 6.07) is 0. The molecule has 4 N–H and O–H groups in total. The van der Waals surface area contributed by atoms with Crippen LogP contribution < -0.4 is 0 Å². The molecule has 0 heterocycles. The molecule has 0 spiro atoms. The molecule has 0 aromatic heterocycles. The SMILES string of the molecule is CCC(O)(O)C(O)O. The van der Waals surface area contributed by atoms with Crippen molar-refractivity contribution in [2.24, 2.45) is 0 Å². The molecule has 50 valence electrons. The van der Waals surface area contributed by atoms with Crippen LogP contribution in [0.3, 0.4) is 0 Å². The van der Waals surface area contributed by atoms with Gasteiger partial charge in [-0.1, -0.05) is 6.92 Å². The first-order chi connectivity index (χ1) is 3.50. The Morgan fingerprint density at radius 1 is 1.38 bits per heavy atom. The molecule has 0 aliphatic rings. The Labute approximate surface area is 47.0 Å². The van der Waals surface area contributed by atoms with Crippen LogP contribution in [0.4, 0.5) is 0 Å². The summed E-state index contributed by atoms with van der Waals surface area (Å²) in [5.41, 5.74) is 0. The molecule has 0 aromatic carbocycles. The van der Waals surface area contributed by atoms with Gasteiger partial charge in [0.15, 0.2) is 0 Å². The van der Waals surface area contributed by atoms with Gasteiger partial charge in [-0.15, -0.1) is 0 Å². The zero-order chi connectivity index (χ0) is 6.78. The van der Waals surface area contributed by atoms with Crippen LogP contribution in [0.25, 0.3) is 0 Å². The van der Waals surface area contributed by atoms with E-state index in [4.69, 9.17) is 20.4 Å². The second-order valence-electron chi connectivity index (χ2n) is 1.61. The fraction of sp³-hybridized carbons (Fsp3) is 1.00. The summed E-state index contributed by atoms with van der Waals surface area (Å²) >= 11 is 0. The highest BCUT2D eigenvalue weighted by atomic mass is 16.6. The van der Waals surface area contributed by atoms with Gasteiger partial charge in [0, 0.05) is 6.42 Å². The van der Waals surface area contributed by atoms with Crippen molar-refractivity contribution in [3.05, 3.63) is 0 Å². The summed E-state index contributed by atoms with van der Waals surface area (Å²) in [7, 11) is 0. The van der Waals surface area contributed by atoms with Gasteiger partial charge in [-0.05, 0) is 0 Å². The highest BCUT2D eigenvalue weighted by Gasteiger charge is 2.28. The first kappa shape index (κ1) is 7.84. The van der Waals surface area contributed by atoms with Gasteiger partial charge in [0.1, 0.15) is 0 Å². The third-order valence-corrected chi connectivity index (χ3v) is 0.934. The van der Waals surface area contributed by atoms with Crippen LogP contribution in [0.15, 0.2) is 0 Å². The molecule has 4 heteroatoms. The van der Waals surface area contributed by atoms with E-state index in [9.17, 15) is 0 Å². The van der Waals surface area contributed by atoms with E-state index in [1.54, 1.807) is 0 Å². The Hall–Kier alpha value is -0.160. The summed E-state index contributed by atoms with van der Waals surface area (Å²) < 4.78 is 0. The minimum absolute atomic E-state index is 0.106. The summed E-state index contributed by atoms with van der Waals surface area (Å²) in [5, 5.41) is 33.2. The van der Waals surface area contributed by atoms with Crippen molar-refractivity contribution >= 4 is 0 Å². The van der Waals surface area contributed by atoms with Crippen LogP contribution in [0.1, 0.15) is 13.3 Å². The molecule has 0 aliphatic carbocycles. The molecule has 0 rings (SSSR count). The van der Waals surface area contributed by atoms with Crippen LogP contribution in [0.2, 0.25) is 0 Å². The van der Waals surface area contributed by atoms with Gasteiger partial charge in [-0.25, -0.2) is 0 Å². The maximum absolute atomic E-state index is 8.46. The van der Waals surface area contributed by atoms with E-state index in [1.807, 2.05) is 0 Å². The fourth-order valence-corrected chi connectivity index (χ4v) is 0.183. The average Bonchev–Trinajstić information content (AvgIpc) is 1.67. The van der Waals surface area contributed by atoms with Crippen molar-refractivity contribution in [1.82, 2.24) is 0 Å². The van der Waals surface area contributed by atoms with Gasteiger partial charge < -0.3 is 20.4 Å². The van der Waals surface area contributed by atoms with Crippen molar-refractivity contribution in [1.29, 1.82) is 0 Å². The van der Waals surface area contributed by atoms with Crippen molar-refractivity contribution < 1.29 is 20.4 Å². The smallest absolute Gasteiger partial charge is 0.214 e. The predicted octanol–water partition coefficient (Wildman–Crippen LogP) is -1.61. The van der Waals surface area contributed by atoms with E-state index in [1.165, 1.54) is 6.92 Å². The summed E-state index contributed by atoms with van der Waals surface area (Å²) in [5.74, 6) is -2.35. The minimum atomic E-state index is -2.35. The second-order valence-corrected chi connectivity index (χ2v) is 1.61. The molecule has 0 amide bonds. The topological polar surface area (TPSA) is 80.9 Å². The zero-order valence-corrected chi connectivity index (χ0v) is 4.57. The first-order valence-electron chi connectivity index (χ1n) is 2.31. The molecule has 0 bridgehead atoms.